The molecule has 0 saturated carbocycles. The Balaban J connectivity index is 2.03. The first-order valence-electron chi connectivity index (χ1n) is 9.12. The number of hydrogen-bond donors (Lipinski definition) is 2. The Kier molecular flexibility index (Phi) is 7.34. The van der Waals surface area contributed by atoms with E-state index in [0.717, 1.165) is 30.9 Å². The summed E-state index contributed by atoms with van der Waals surface area (Å²) in [5, 5.41) is 6.12. The number of fused-ring (bicyclic) bond motifs is 1. The maximum atomic E-state index is 12.3. The predicted molar refractivity (Wildman–Crippen MR) is 106 cm³/mol. The van der Waals surface area contributed by atoms with Gasteiger partial charge in [-0.1, -0.05) is 6.92 Å². The summed E-state index contributed by atoms with van der Waals surface area (Å²) in [6.07, 6.45) is 1.90. The molecule has 0 aliphatic rings. The van der Waals surface area contributed by atoms with Gasteiger partial charge in [-0.3, -0.25) is 4.79 Å². The SMILES string of the molecule is CCCNCCNC(=O)CCc1nc2cc(S(=O)(=O)N(C)C)ccc2n1C. The molecule has 0 fully saturated rings. The molecular formula is C18H29N5O3S. The minimum absolute atomic E-state index is 0.0174. The van der Waals surface area contributed by atoms with Gasteiger partial charge in [0.25, 0.3) is 0 Å². The van der Waals surface area contributed by atoms with Crippen LogP contribution < -0.4 is 10.6 Å². The third-order valence-electron chi connectivity index (χ3n) is 4.35. The van der Waals surface area contributed by atoms with E-state index < -0.39 is 10.0 Å². The van der Waals surface area contributed by atoms with Gasteiger partial charge in [-0.2, -0.15) is 0 Å². The lowest BCUT2D eigenvalue weighted by Crippen LogP contribution is -2.32. The number of hydrogen-bond acceptors (Lipinski definition) is 5. The third-order valence-corrected chi connectivity index (χ3v) is 6.16. The van der Waals surface area contributed by atoms with Crippen LogP contribution in [0.1, 0.15) is 25.6 Å². The molecule has 8 nitrogen and oxygen atoms in total. The Bertz CT molecular complexity index is 890. The summed E-state index contributed by atoms with van der Waals surface area (Å²) in [7, 11) is 1.37. The van der Waals surface area contributed by atoms with Gasteiger partial charge in [0.05, 0.1) is 15.9 Å². The molecule has 0 aliphatic carbocycles. The highest BCUT2D eigenvalue weighted by Gasteiger charge is 2.19. The zero-order valence-corrected chi connectivity index (χ0v) is 17.3. The van der Waals surface area contributed by atoms with Crippen LogP contribution >= 0.6 is 0 Å². The van der Waals surface area contributed by atoms with Crippen LogP contribution in [0.4, 0.5) is 0 Å². The fourth-order valence-electron chi connectivity index (χ4n) is 2.73. The van der Waals surface area contributed by atoms with E-state index in [1.807, 2.05) is 11.6 Å². The van der Waals surface area contributed by atoms with Gasteiger partial charge in [0.1, 0.15) is 5.82 Å². The number of aromatic nitrogens is 2. The van der Waals surface area contributed by atoms with Gasteiger partial charge in [-0.05, 0) is 31.2 Å². The van der Waals surface area contributed by atoms with Crippen molar-refractivity contribution in [2.75, 3.05) is 33.7 Å². The number of sulfonamides is 1. The molecule has 0 radical (unpaired) electrons. The number of carbonyl (C=O) groups excluding carboxylic acids is 1. The van der Waals surface area contributed by atoms with E-state index in [4.69, 9.17) is 0 Å². The largest absolute Gasteiger partial charge is 0.355 e. The molecule has 0 spiro atoms. The van der Waals surface area contributed by atoms with Crippen molar-refractivity contribution in [2.45, 2.75) is 31.1 Å². The second-order valence-electron chi connectivity index (χ2n) is 6.62. The highest BCUT2D eigenvalue weighted by molar-refractivity contribution is 7.89. The van der Waals surface area contributed by atoms with Crippen molar-refractivity contribution in [3.05, 3.63) is 24.0 Å². The first kappa shape index (κ1) is 21.3. The summed E-state index contributed by atoms with van der Waals surface area (Å²) < 4.78 is 27.6. The molecule has 0 bridgehead atoms. The van der Waals surface area contributed by atoms with E-state index in [2.05, 4.69) is 22.5 Å². The lowest BCUT2D eigenvalue weighted by Gasteiger charge is -2.10. The van der Waals surface area contributed by atoms with E-state index in [1.165, 1.54) is 18.4 Å². The van der Waals surface area contributed by atoms with E-state index in [-0.39, 0.29) is 10.8 Å². The minimum atomic E-state index is -3.50. The Labute approximate surface area is 161 Å². The van der Waals surface area contributed by atoms with Crippen LogP contribution in [0.25, 0.3) is 11.0 Å². The highest BCUT2D eigenvalue weighted by Crippen LogP contribution is 2.21. The summed E-state index contributed by atoms with van der Waals surface area (Å²) in [6.45, 7) is 4.41. The molecule has 0 unspecified atom stereocenters. The highest BCUT2D eigenvalue weighted by atomic mass is 32.2. The second kappa shape index (κ2) is 9.29. The fourth-order valence-corrected chi connectivity index (χ4v) is 3.65. The van der Waals surface area contributed by atoms with Gasteiger partial charge < -0.3 is 15.2 Å². The van der Waals surface area contributed by atoms with Crippen LogP contribution in [0.5, 0.6) is 0 Å². The lowest BCUT2D eigenvalue weighted by molar-refractivity contribution is -0.121. The number of benzene rings is 1. The van der Waals surface area contributed by atoms with E-state index in [9.17, 15) is 13.2 Å². The molecule has 2 rings (SSSR count). The Hall–Kier alpha value is -1.97. The molecule has 0 atom stereocenters. The number of nitrogens with zero attached hydrogens (tertiary/aromatic N) is 3. The molecular weight excluding hydrogens is 366 g/mol. The van der Waals surface area contributed by atoms with E-state index >= 15 is 0 Å². The average molecular weight is 396 g/mol. The topological polar surface area (TPSA) is 96.3 Å². The Morgan fingerprint density at radius 1 is 1.22 bits per heavy atom. The lowest BCUT2D eigenvalue weighted by atomic mass is 10.3. The van der Waals surface area contributed by atoms with Crippen molar-refractivity contribution < 1.29 is 13.2 Å². The van der Waals surface area contributed by atoms with Gasteiger partial charge in [0.15, 0.2) is 0 Å². The van der Waals surface area contributed by atoms with Crippen molar-refractivity contribution in [3.8, 4) is 0 Å². The van der Waals surface area contributed by atoms with Gasteiger partial charge >= 0.3 is 0 Å². The normalized spacial score (nSPS) is 12.0. The van der Waals surface area contributed by atoms with Crippen molar-refractivity contribution in [1.82, 2.24) is 24.5 Å². The molecule has 1 aromatic heterocycles. The maximum absolute atomic E-state index is 12.3. The number of rotatable bonds is 10. The first-order chi connectivity index (χ1) is 12.8. The van der Waals surface area contributed by atoms with Crippen molar-refractivity contribution in [2.24, 2.45) is 7.05 Å². The van der Waals surface area contributed by atoms with Crippen LogP contribution in [0, 0.1) is 0 Å². The molecule has 9 heteroatoms. The van der Waals surface area contributed by atoms with Gasteiger partial charge in [-0.25, -0.2) is 17.7 Å². The van der Waals surface area contributed by atoms with Crippen molar-refractivity contribution in [3.63, 3.8) is 0 Å². The number of imidazole rings is 1. The summed E-state index contributed by atoms with van der Waals surface area (Å²) in [4.78, 5) is 16.7. The summed E-state index contributed by atoms with van der Waals surface area (Å²) >= 11 is 0. The molecule has 1 heterocycles. The van der Waals surface area contributed by atoms with E-state index in [0.29, 0.717) is 24.9 Å². The van der Waals surface area contributed by atoms with Crippen LogP contribution in [0.3, 0.4) is 0 Å². The monoisotopic (exact) mass is 395 g/mol. The molecule has 2 aromatic rings. The molecule has 27 heavy (non-hydrogen) atoms. The maximum Gasteiger partial charge on any atom is 0.242 e. The predicted octanol–water partition coefficient (Wildman–Crippen LogP) is 0.872. The van der Waals surface area contributed by atoms with Gasteiger partial charge in [-0.15, -0.1) is 0 Å². The minimum Gasteiger partial charge on any atom is -0.355 e. The molecule has 2 N–H and O–H groups in total. The Morgan fingerprint density at radius 3 is 2.63 bits per heavy atom. The molecule has 0 saturated heterocycles. The van der Waals surface area contributed by atoms with Crippen LogP contribution in [0.2, 0.25) is 0 Å². The van der Waals surface area contributed by atoms with Crippen molar-refractivity contribution >= 4 is 27.0 Å². The van der Waals surface area contributed by atoms with Crippen LogP contribution in [-0.2, 0) is 28.3 Å². The number of nitrogens with one attached hydrogen (secondary N) is 2. The van der Waals surface area contributed by atoms with Crippen LogP contribution in [-0.4, -0.2) is 61.9 Å². The quantitative estimate of drug-likeness (QED) is 0.582. The zero-order chi connectivity index (χ0) is 20.0. The van der Waals surface area contributed by atoms with Gasteiger partial charge in [0, 0.05) is 47.1 Å². The average Bonchev–Trinajstić information content (AvgIpc) is 2.95. The summed E-state index contributed by atoms with van der Waals surface area (Å²) in [5.74, 6) is 0.736. The van der Waals surface area contributed by atoms with Gasteiger partial charge in [0.2, 0.25) is 15.9 Å². The summed E-state index contributed by atoms with van der Waals surface area (Å²) in [5.41, 5.74) is 1.45. The second-order valence-corrected chi connectivity index (χ2v) is 8.78. The standard InChI is InChI=1S/C18H29N5O3S/c1-5-10-19-11-12-20-18(24)9-8-17-21-15-13-14(27(25,26)22(2)3)6-7-16(15)23(17)4/h6-7,13,19H,5,8-12H2,1-4H3,(H,20,24). The number of carbonyl (C=O) groups is 1. The summed E-state index contributed by atoms with van der Waals surface area (Å²) in [6, 6.07) is 4.91. The zero-order valence-electron chi connectivity index (χ0n) is 16.4. The fraction of sp³-hybridized carbons (Fsp3) is 0.556. The molecule has 1 aromatic carbocycles. The molecule has 0 aliphatic heterocycles. The number of amides is 1. The third kappa shape index (κ3) is 5.27. The van der Waals surface area contributed by atoms with Crippen molar-refractivity contribution in [1.29, 1.82) is 0 Å². The first-order valence-corrected chi connectivity index (χ1v) is 10.6. The van der Waals surface area contributed by atoms with E-state index in [1.54, 1.807) is 18.2 Å². The number of aryl methyl sites for hydroxylation is 2. The Morgan fingerprint density at radius 2 is 1.96 bits per heavy atom. The molecule has 1 amide bonds. The molecule has 150 valence electrons. The van der Waals surface area contributed by atoms with Crippen LogP contribution in [0.15, 0.2) is 23.1 Å². The smallest absolute Gasteiger partial charge is 0.242 e.